The van der Waals surface area contributed by atoms with E-state index >= 15 is 0 Å². The Labute approximate surface area is 121 Å². The molecule has 20 heavy (non-hydrogen) atoms. The van der Waals surface area contributed by atoms with Crippen molar-refractivity contribution in [2.24, 2.45) is 5.41 Å². The largest absolute Gasteiger partial charge is 0.355 e. The van der Waals surface area contributed by atoms with Gasteiger partial charge >= 0.3 is 0 Å². The third-order valence-corrected chi connectivity index (χ3v) is 3.34. The van der Waals surface area contributed by atoms with Gasteiger partial charge in [0.15, 0.2) is 0 Å². The Morgan fingerprint density at radius 1 is 1.15 bits per heavy atom. The molecule has 0 aliphatic heterocycles. The SMILES string of the molecule is CCCCNC(=O)C(C)(C)C(=O)Nc1ccccc1C. The van der Waals surface area contributed by atoms with Gasteiger partial charge in [-0.1, -0.05) is 31.5 Å². The molecule has 1 aromatic rings. The molecule has 0 aromatic heterocycles. The summed E-state index contributed by atoms with van der Waals surface area (Å²) in [6.45, 7) is 7.87. The summed E-state index contributed by atoms with van der Waals surface area (Å²) >= 11 is 0. The van der Waals surface area contributed by atoms with Gasteiger partial charge in [-0.3, -0.25) is 9.59 Å². The lowest BCUT2D eigenvalue weighted by Gasteiger charge is -2.23. The molecule has 0 radical (unpaired) electrons. The average Bonchev–Trinajstić information content (AvgIpc) is 2.41. The van der Waals surface area contributed by atoms with Crippen molar-refractivity contribution in [1.29, 1.82) is 0 Å². The zero-order chi connectivity index (χ0) is 15.2. The van der Waals surface area contributed by atoms with Crippen LogP contribution in [0.3, 0.4) is 0 Å². The molecule has 2 amide bonds. The number of amides is 2. The molecule has 0 saturated carbocycles. The zero-order valence-corrected chi connectivity index (χ0v) is 12.7. The number of benzene rings is 1. The number of hydrogen-bond acceptors (Lipinski definition) is 2. The Kier molecular flexibility index (Phi) is 5.74. The molecule has 0 atom stereocenters. The lowest BCUT2D eigenvalue weighted by molar-refractivity contribution is -0.138. The Hall–Kier alpha value is -1.84. The predicted octanol–water partition coefficient (Wildman–Crippen LogP) is 2.88. The molecule has 110 valence electrons. The minimum absolute atomic E-state index is 0.239. The van der Waals surface area contributed by atoms with E-state index in [0.717, 1.165) is 24.1 Å². The number of unbranched alkanes of at least 4 members (excludes halogenated alkanes) is 1. The first-order valence-corrected chi connectivity index (χ1v) is 7.05. The molecular weight excluding hydrogens is 252 g/mol. The first kappa shape index (κ1) is 16.2. The van der Waals surface area contributed by atoms with Gasteiger partial charge in [0.05, 0.1) is 0 Å². The third kappa shape index (κ3) is 4.08. The molecule has 2 N–H and O–H groups in total. The maximum atomic E-state index is 12.3. The molecule has 1 rings (SSSR count). The molecule has 0 aliphatic carbocycles. The normalized spacial score (nSPS) is 11.0. The highest BCUT2D eigenvalue weighted by molar-refractivity contribution is 6.10. The number of nitrogens with one attached hydrogen (secondary N) is 2. The second kappa shape index (κ2) is 7.08. The molecule has 0 fully saturated rings. The number of aryl methyl sites for hydroxylation is 1. The van der Waals surface area contributed by atoms with E-state index < -0.39 is 5.41 Å². The number of anilines is 1. The van der Waals surface area contributed by atoms with E-state index in [1.54, 1.807) is 13.8 Å². The van der Waals surface area contributed by atoms with Crippen molar-refractivity contribution < 1.29 is 9.59 Å². The summed E-state index contributed by atoms with van der Waals surface area (Å²) in [5.74, 6) is -0.530. The Balaban J connectivity index is 2.69. The lowest BCUT2D eigenvalue weighted by atomic mass is 9.90. The summed E-state index contributed by atoms with van der Waals surface area (Å²) in [5.41, 5.74) is 0.630. The summed E-state index contributed by atoms with van der Waals surface area (Å²) in [7, 11) is 0. The third-order valence-electron chi connectivity index (χ3n) is 3.34. The smallest absolute Gasteiger partial charge is 0.239 e. The number of rotatable bonds is 6. The van der Waals surface area contributed by atoms with Crippen LogP contribution >= 0.6 is 0 Å². The Morgan fingerprint density at radius 2 is 1.80 bits per heavy atom. The van der Waals surface area contributed by atoms with Crippen LogP contribution in [-0.4, -0.2) is 18.4 Å². The van der Waals surface area contributed by atoms with Crippen LogP contribution in [0.15, 0.2) is 24.3 Å². The van der Waals surface area contributed by atoms with Crippen LogP contribution in [0.1, 0.15) is 39.2 Å². The number of carbonyl (C=O) groups excluding carboxylic acids is 2. The summed E-state index contributed by atoms with van der Waals surface area (Å²) in [6.07, 6.45) is 1.93. The van der Waals surface area contributed by atoms with Crippen LogP contribution in [0.25, 0.3) is 0 Å². The van der Waals surface area contributed by atoms with E-state index in [-0.39, 0.29) is 11.8 Å². The Morgan fingerprint density at radius 3 is 2.40 bits per heavy atom. The first-order valence-electron chi connectivity index (χ1n) is 7.05. The minimum Gasteiger partial charge on any atom is -0.355 e. The quantitative estimate of drug-likeness (QED) is 0.620. The average molecular weight is 276 g/mol. The molecule has 0 heterocycles. The van der Waals surface area contributed by atoms with Gasteiger partial charge in [0.25, 0.3) is 0 Å². The summed E-state index contributed by atoms with van der Waals surface area (Å²) in [5, 5.41) is 5.63. The minimum atomic E-state index is -1.09. The molecule has 1 aromatic carbocycles. The molecule has 4 heteroatoms. The Bertz CT molecular complexity index is 481. The van der Waals surface area contributed by atoms with E-state index in [2.05, 4.69) is 17.6 Å². The monoisotopic (exact) mass is 276 g/mol. The standard InChI is InChI=1S/C16H24N2O2/c1-5-6-11-17-14(19)16(3,4)15(20)18-13-10-8-7-9-12(13)2/h7-10H,5-6,11H2,1-4H3,(H,17,19)(H,18,20). The molecule has 0 unspecified atom stereocenters. The van der Waals surface area contributed by atoms with Crippen LogP contribution < -0.4 is 10.6 Å². The van der Waals surface area contributed by atoms with Crippen LogP contribution in [0.4, 0.5) is 5.69 Å². The second-order valence-electron chi connectivity index (χ2n) is 5.50. The van der Waals surface area contributed by atoms with Crippen molar-refractivity contribution in [3.8, 4) is 0 Å². The van der Waals surface area contributed by atoms with Crippen molar-refractivity contribution in [3.63, 3.8) is 0 Å². The predicted molar refractivity (Wildman–Crippen MR) is 81.5 cm³/mol. The maximum Gasteiger partial charge on any atom is 0.239 e. The van der Waals surface area contributed by atoms with Gasteiger partial charge in [-0.25, -0.2) is 0 Å². The van der Waals surface area contributed by atoms with Gasteiger partial charge in [-0.2, -0.15) is 0 Å². The van der Waals surface area contributed by atoms with E-state index in [1.165, 1.54) is 0 Å². The molecule has 4 nitrogen and oxygen atoms in total. The number of carbonyl (C=O) groups is 2. The molecule has 0 aliphatic rings. The number of para-hydroxylation sites is 1. The van der Waals surface area contributed by atoms with E-state index in [1.807, 2.05) is 31.2 Å². The van der Waals surface area contributed by atoms with Crippen molar-refractivity contribution in [2.75, 3.05) is 11.9 Å². The van der Waals surface area contributed by atoms with Gasteiger partial charge in [0.1, 0.15) is 5.41 Å². The lowest BCUT2D eigenvalue weighted by Crippen LogP contribution is -2.45. The summed E-state index contributed by atoms with van der Waals surface area (Å²) in [6, 6.07) is 7.52. The van der Waals surface area contributed by atoms with Gasteiger partial charge in [0, 0.05) is 12.2 Å². The molecule has 0 spiro atoms. The van der Waals surface area contributed by atoms with E-state index in [9.17, 15) is 9.59 Å². The highest BCUT2D eigenvalue weighted by atomic mass is 16.2. The zero-order valence-electron chi connectivity index (χ0n) is 12.7. The maximum absolute atomic E-state index is 12.3. The van der Waals surface area contributed by atoms with Crippen LogP contribution in [0, 0.1) is 12.3 Å². The van der Waals surface area contributed by atoms with Gasteiger partial charge in [-0.05, 0) is 38.8 Å². The summed E-state index contributed by atoms with van der Waals surface area (Å²) < 4.78 is 0. The van der Waals surface area contributed by atoms with Gasteiger partial charge < -0.3 is 10.6 Å². The topological polar surface area (TPSA) is 58.2 Å². The van der Waals surface area contributed by atoms with E-state index in [0.29, 0.717) is 6.54 Å². The second-order valence-corrected chi connectivity index (χ2v) is 5.50. The van der Waals surface area contributed by atoms with Crippen LogP contribution in [0.2, 0.25) is 0 Å². The fourth-order valence-corrected chi connectivity index (χ4v) is 1.69. The highest BCUT2D eigenvalue weighted by Gasteiger charge is 2.35. The van der Waals surface area contributed by atoms with Crippen molar-refractivity contribution in [2.45, 2.75) is 40.5 Å². The highest BCUT2D eigenvalue weighted by Crippen LogP contribution is 2.21. The molecule has 0 saturated heterocycles. The van der Waals surface area contributed by atoms with Crippen molar-refractivity contribution >= 4 is 17.5 Å². The fraction of sp³-hybridized carbons (Fsp3) is 0.500. The van der Waals surface area contributed by atoms with E-state index in [4.69, 9.17) is 0 Å². The van der Waals surface area contributed by atoms with Crippen LogP contribution in [-0.2, 0) is 9.59 Å². The van der Waals surface area contributed by atoms with Gasteiger partial charge in [0.2, 0.25) is 11.8 Å². The van der Waals surface area contributed by atoms with Crippen LogP contribution in [0.5, 0.6) is 0 Å². The summed E-state index contributed by atoms with van der Waals surface area (Å²) in [4.78, 5) is 24.4. The first-order chi connectivity index (χ1) is 9.39. The van der Waals surface area contributed by atoms with Crippen molar-refractivity contribution in [3.05, 3.63) is 29.8 Å². The van der Waals surface area contributed by atoms with Gasteiger partial charge in [-0.15, -0.1) is 0 Å². The molecule has 0 bridgehead atoms. The van der Waals surface area contributed by atoms with Crippen molar-refractivity contribution in [1.82, 2.24) is 5.32 Å². The molecular formula is C16H24N2O2. The fourth-order valence-electron chi connectivity index (χ4n) is 1.69. The number of hydrogen-bond donors (Lipinski definition) is 2.